The zero-order chi connectivity index (χ0) is 51.1. The van der Waals surface area contributed by atoms with E-state index in [0.29, 0.717) is 0 Å². The second-order valence-corrected chi connectivity index (χ2v) is 17.4. The SMILES string of the molecule is COC(=O)[C@H]1O[C@@H](O[C@H]2[C@H](OC(C)=O)[C@@H](N=[N+]=[N-])[C@@H]3OC[C@H]2O3)[C@H](OCc2ccccc2)[C@@H](OCc2ccccc2)[C@@H]1O[C@H]1O[C@H](COC(C)=O)[C@@H](OCc2ccccc2)[C@H](OCc2ccccc2)[C@H]1N=[N+]=[N-]. The first-order valence-electron chi connectivity index (χ1n) is 23.6. The molecule has 8 rings (SSSR count). The van der Waals surface area contributed by atoms with Crippen LogP contribution in [0.15, 0.2) is 132 Å². The van der Waals surface area contributed by atoms with E-state index in [2.05, 4.69) is 20.1 Å². The van der Waals surface area contributed by atoms with Gasteiger partial charge in [-0.15, -0.1) is 0 Å². The number of benzene rings is 4. The molecule has 4 saturated heterocycles. The summed E-state index contributed by atoms with van der Waals surface area (Å²) >= 11 is 0. The van der Waals surface area contributed by atoms with E-state index in [1.54, 1.807) is 0 Å². The van der Waals surface area contributed by atoms with Crippen LogP contribution in [0.1, 0.15) is 36.1 Å². The van der Waals surface area contributed by atoms with Crippen molar-refractivity contribution < 1.29 is 76.0 Å². The van der Waals surface area contributed by atoms with Crippen molar-refractivity contribution in [2.24, 2.45) is 10.2 Å². The molecule has 22 heteroatoms. The number of azide groups is 2. The highest BCUT2D eigenvalue weighted by atomic mass is 16.8. The summed E-state index contributed by atoms with van der Waals surface area (Å²) in [6.45, 7) is 1.98. The first kappa shape index (κ1) is 52.8. The van der Waals surface area contributed by atoms with Gasteiger partial charge in [-0.2, -0.15) is 0 Å². The lowest BCUT2D eigenvalue weighted by Crippen LogP contribution is -2.67. The third-order valence-corrected chi connectivity index (χ3v) is 12.4. The van der Waals surface area contributed by atoms with Gasteiger partial charge in [-0.3, -0.25) is 9.59 Å². The third-order valence-electron chi connectivity index (χ3n) is 12.4. The van der Waals surface area contributed by atoms with Crippen molar-refractivity contribution in [2.75, 3.05) is 20.3 Å². The number of hydrogen-bond donors (Lipinski definition) is 0. The Kier molecular flexibility index (Phi) is 18.8. The van der Waals surface area contributed by atoms with Crippen LogP contribution in [0.25, 0.3) is 20.9 Å². The van der Waals surface area contributed by atoms with Crippen molar-refractivity contribution in [1.29, 1.82) is 0 Å². The van der Waals surface area contributed by atoms with E-state index >= 15 is 0 Å². The average molecular weight is 1010 g/mol. The van der Waals surface area contributed by atoms with Crippen LogP contribution < -0.4 is 0 Å². The molecule has 0 radical (unpaired) electrons. The minimum absolute atomic E-state index is 0.0161. The van der Waals surface area contributed by atoms with Gasteiger partial charge < -0.3 is 61.6 Å². The number of esters is 3. The van der Waals surface area contributed by atoms with E-state index in [4.69, 9.17) is 61.6 Å². The molecule has 0 aromatic heterocycles. The summed E-state index contributed by atoms with van der Waals surface area (Å²) in [6, 6.07) is 34.4. The number of ether oxygens (including phenoxy) is 13. The molecule has 22 nitrogen and oxygen atoms in total. The molecule has 0 amide bonds. The molecule has 0 unspecified atom stereocenters. The van der Waals surface area contributed by atoms with Crippen LogP contribution in [0.3, 0.4) is 0 Å². The van der Waals surface area contributed by atoms with Gasteiger partial charge in [-0.05, 0) is 33.3 Å². The number of carbonyl (C=O) groups excluding carboxylic acids is 3. The molecule has 0 saturated carbocycles. The smallest absolute Gasteiger partial charge is 0.337 e. The number of methoxy groups -OCH3 is 1. The molecule has 73 heavy (non-hydrogen) atoms. The van der Waals surface area contributed by atoms with Gasteiger partial charge >= 0.3 is 17.9 Å². The van der Waals surface area contributed by atoms with E-state index in [-0.39, 0.29) is 39.6 Å². The predicted molar refractivity (Wildman–Crippen MR) is 252 cm³/mol. The summed E-state index contributed by atoms with van der Waals surface area (Å²) in [4.78, 5) is 45.5. The zero-order valence-corrected chi connectivity index (χ0v) is 40.2. The molecule has 15 atom stereocenters. The molecule has 4 aromatic carbocycles. The molecule has 2 bridgehead atoms. The number of carbonyl (C=O) groups is 3. The van der Waals surface area contributed by atoms with Gasteiger partial charge in [-0.1, -0.05) is 132 Å². The van der Waals surface area contributed by atoms with Crippen molar-refractivity contribution in [3.05, 3.63) is 164 Å². The Morgan fingerprint density at radius 2 is 1.05 bits per heavy atom. The molecule has 4 aliphatic heterocycles. The Labute approximate surface area is 420 Å². The fraction of sp³-hybridized carbons (Fsp3) is 0.471. The van der Waals surface area contributed by atoms with Crippen molar-refractivity contribution >= 4 is 17.9 Å². The van der Waals surface area contributed by atoms with E-state index < -0.39 is 110 Å². The minimum atomic E-state index is -1.72. The van der Waals surface area contributed by atoms with Crippen LogP contribution in [0.5, 0.6) is 0 Å². The molecule has 4 aromatic rings. The van der Waals surface area contributed by atoms with Gasteiger partial charge in [0.2, 0.25) is 0 Å². The first-order chi connectivity index (χ1) is 35.6. The summed E-state index contributed by atoms with van der Waals surface area (Å²) in [5, 5.41) is 8.05. The van der Waals surface area contributed by atoms with Crippen molar-refractivity contribution in [2.45, 2.75) is 132 Å². The molecule has 386 valence electrons. The Bertz CT molecular complexity index is 2510. The molecule has 4 aliphatic rings. The van der Waals surface area contributed by atoms with Gasteiger partial charge in [0.25, 0.3) is 0 Å². The van der Waals surface area contributed by atoms with E-state index in [1.165, 1.54) is 13.8 Å². The highest BCUT2D eigenvalue weighted by molar-refractivity contribution is 5.75. The summed E-state index contributed by atoms with van der Waals surface area (Å²) in [5.41, 5.74) is 22.9. The molecule has 0 aliphatic carbocycles. The molecule has 4 fully saturated rings. The van der Waals surface area contributed by atoms with Gasteiger partial charge in [0, 0.05) is 23.7 Å². The second-order valence-electron chi connectivity index (χ2n) is 17.4. The maximum absolute atomic E-state index is 14.3. The number of fused-ring (bicyclic) bond motifs is 2. The van der Waals surface area contributed by atoms with E-state index in [1.807, 2.05) is 121 Å². The van der Waals surface area contributed by atoms with Crippen molar-refractivity contribution in [3.63, 3.8) is 0 Å². The number of rotatable bonds is 22. The summed E-state index contributed by atoms with van der Waals surface area (Å²) in [7, 11) is 1.15. The number of hydrogen-bond acceptors (Lipinski definition) is 18. The van der Waals surface area contributed by atoms with Gasteiger partial charge in [0.1, 0.15) is 73.6 Å². The fourth-order valence-electron chi connectivity index (χ4n) is 9.06. The Balaban J connectivity index is 1.21. The molecule has 0 spiro atoms. The average Bonchev–Trinajstić information content (AvgIpc) is 3.85. The first-order valence-corrected chi connectivity index (χ1v) is 23.6. The maximum atomic E-state index is 14.3. The highest BCUT2D eigenvalue weighted by Gasteiger charge is 2.59. The van der Waals surface area contributed by atoms with Gasteiger partial charge in [-0.25, -0.2) is 4.79 Å². The monoisotopic (exact) mass is 1010 g/mol. The van der Waals surface area contributed by atoms with Crippen molar-refractivity contribution in [3.8, 4) is 0 Å². The zero-order valence-electron chi connectivity index (χ0n) is 40.2. The standard InChI is InChI=1S/C51H56N6O16/c1-30(58)62-28-36-40(63-24-32-16-8-4-9-17-32)42(64-25-33-18-10-5-11-19-33)38(54-56-52)50(70-36)72-45-44(65-26-34-20-12-6-13-21-34)47(66-27-35-22-14-7-15-23-35)51(73-46(45)48(60)61-3)71-41-37-29-67-49(69-37)39(55-57-53)43(41)68-31(2)59/h4-23,36-47,49-51H,24-29H2,1-3H3/t36-,37-,38-,39-,40-,41-,42-,43-,44+,45+,46+,47-,49-,50-,51-/m1/s1. The Morgan fingerprint density at radius 1 is 0.562 bits per heavy atom. The minimum Gasteiger partial charge on any atom is -0.467 e. The number of nitrogens with zero attached hydrogens (tertiary/aromatic N) is 6. The largest absolute Gasteiger partial charge is 0.467 e. The highest BCUT2D eigenvalue weighted by Crippen LogP contribution is 2.40. The van der Waals surface area contributed by atoms with Crippen LogP contribution in [-0.2, 0) is 102 Å². The quantitative estimate of drug-likeness (QED) is 0.0274. The summed E-state index contributed by atoms with van der Waals surface area (Å²) in [6.07, 6.45) is -16.8. The van der Waals surface area contributed by atoms with Gasteiger partial charge in [0.05, 0.1) is 40.1 Å². The topological polar surface area (TPSA) is 269 Å². The Hall–Kier alpha value is -6.49. The van der Waals surface area contributed by atoms with Crippen molar-refractivity contribution in [1.82, 2.24) is 0 Å². The van der Waals surface area contributed by atoms with Crippen LogP contribution in [0.4, 0.5) is 0 Å². The van der Waals surface area contributed by atoms with Crippen LogP contribution in [0, 0.1) is 0 Å². The molecule has 0 N–H and O–H groups in total. The Morgan fingerprint density at radius 3 is 1.56 bits per heavy atom. The second kappa shape index (κ2) is 25.9. The molecule has 4 heterocycles. The van der Waals surface area contributed by atoms with Crippen LogP contribution >= 0.6 is 0 Å². The van der Waals surface area contributed by atoms with Crippen LogP contribution in [-0.4, -0.2) is 130 Å². The lowest BCUT2D eigenvalue weighted by molar-refractivity contribution is -0.366. The van der Waals surface area contributed by atoms with Gasteiger partial charge in [0.15, 0.2) is 25.0 Å². The lowest BCUT2D eigenvalue weighted by Gasteiger charge is -2.50. The van der Waals surface area contributed by atoms with E-state index in [0.717, 1.165) is 29.4 Å². The van der Waals surface area contributed by atoms with E-state index in [9.17, 15) is 25.4 Å². The predicted octanol–water partition coefficient (Wildman–Crippen LogP) is 6.33. The normalized spacial score (nSPS) is 30.5. The van der Waals surface area contributed by atoms with Crippen LogP contribution in [0.2, 0.25) is 0 Å². The fourth-order valence-corrected chi connectivity index (χ4v) is 9.06. The molecular formula is C51H56N6O16. The third kappa shape index (κ3) is 13.6. The lowest BCUT2D eigenvalue weighted by atomic mass is 9.94. The molecular weight excluding hydrogens is 953 g/mol. The maximum Gasteiger partial charge on any atom is 0.337 e. The summed E-state index contributed by atoms with van der Waals surface area (Å²) < 4.78 is 82.3. The summed E-state index contributed by atoms with van der Waals surface area (Å²) in [5.74, 6) is -2.27.